The number of hydrogen-bond donors (Lipinski definition) is 1. The van der Waals surface area contributed by atoms with E-state index in [2.05, 4.69) is 19.2 Å². The molecule has 3 heteroatoms. The first kappa shape index (κ1) is 11.5. The average molecular weight is 199 g/mol. The first-order valence-electron chi connectivity index (χ1n) is 5.58. The summed E-state index contributed by atoms with van der Waals surface area (Å²) < 4.78 is 5.20. The van der Waals surface area contributed by atoms with Gasteiger partial charge in [-0.3, -0.25) is 4.79 Å². The molecule has 0 amide bonds. The molecule has 14 heavy (non-hydrogen) atoms. The SMILES string of the molecule is CCCC(C)COC(=O)CC1CNC1. The molecule has 0 aromatic heterocycles. The maximum Gasteiger partial charge on any atom is 0.306 e. The Morgan fingerprint density at radius 1 is 1.57 bits per heavy atom. The Labute approximate surface area is 86.2 Å². The molecule has 0 aliphatic carbocycles. The summed E-state index contributed by atoms with van der Waals surface area (Å²) in [6.45, 7) is 6.81. The van der Waals surface area contributed by atoms with Crippen LogP contribution in [0.4, 0.5) is 0 Å². The number of carbonyl (C=O) groups excluding carboxylic acids is 1. The molecule has 3 nitrogen and oxygen atoms in total. The molecule has 1 aliphatic rings. The molecule has 1 rings (SSSR count). The normalized spacial score (nSPS) is 18.7. The van der Waals surface area contributed by atoms with Crippen molar-refractivity contribution < 1.29 is 9.53 Å². The number of ether oxygens (including phenoxy) is 1. The summed E-state index contributed by atoms with van der Waals surface area (Å²) in [4.78, 5) is 11.3. The molecular formula is C11H21NO2. The number of nitrogens with one attached hydrogen (secondary N) is 1. The first-order chi connectivity index (χ1) is 6.72. The van der Waals surface area contributed by atoms with E-state index in [1.165, 1.54) is 0 Å². The molecule has 82 valence electrons. The van der Waals surface area contributed by atoms with Gasteiger partial charge < -0.3 is 10.1 Å². The number of esters is 1. The predicted octanol–water partition coefficient (Wildman–Crippen LogP) is 1.58. The summed E-state index contributed by atoms with van der Waals surface area (Å²) >= 11 is 0. The van der Waals surface area contributed by atoms with E-state index >= 15 is 0 Å². The highest BCUT2D eigenvalue weighted by molar-refractivity contribution is 5.69. The third-order valence-electron chi connectivity index (χ3n) is 2.63. The fraction of sp³-hybridized carbons (Fsp3) is 0.909. The van der Waals surface area contributed by atoms with E-state index in [9.17, 15) is 4.79 Å². The van der Waals surface area contributed by atoms with Crippen molar-refractivity contribution in [3.05, 3.63) is 0 Å². The quantitative estimate of drug-likeness (QED) is 0.660. The van der Waals surface area contributed by atoms with Crippen molar-refractivity contribution in [2.45, 2.75) is 33.1 Å². The monoisotopic (exact) mass is 199 g/mol. The third kappa shape index (κ3) is 4.09. The highest BCUT2D eigenvalue weighted by Gasteiger charge is 2.21. The van der Waals surface area contributed by atoms with Crippen LogP contribution in [0.25, 0.3) is 0 Å². The summed E-state index contributed by atoms with van der Waals surface area (Å²) in [6, 6.07) is 0. The van der Waals surface area contributed by atoms with Gasteiger partial charge in [0, 0.05) is 0 Å². The van der Waals surface area contributed by atoms with E-state index in [1.54, 1.807) is 0 Å². The zero-order valence-electron chi connectivity index (χ0n) is 9.21. The first-order valence-corrected chi connectivity index (χ1v) is 5.58. The van der Waals surface area contributed by atoms with Gasteiger partial charge in [0.1, 0.15) is 0 Å². The second-order valence-electron chi connectivity index (χ2n) is 4.31. The lowest BCUT2D eigenvalue weighted by Crippen LogP contribution is -2.43. The van der Waals surface area contributed by atoms with Crippen molar-refractivity contribution >= 4 is 5.97 Å². The van der Waals surface area contributed by atoms with E-state index < -0.39 is 0 Å². The smallest absolute Gasteiger partial charge is 0.306 e. The maximum atomic E-state index is 11.3. The van der Waals surface area contributed by atoms with Crippen LogP contribution in [0, 0.1) is 11.8 Å². The zero-order chi connectivity index (χ0) is 10.4. The van der Waals surface area contributed by atoms with Gasteiger partial charge in [0.25, 0.3) is 0 Å². The van der Waals surface area contributed by atoms with Crippen LogP contribution in [0.15, 0.2) is 0 Å². The van der Waals surface area contributed by atoms with Crippen molar-refractivity contribution in [3.63, 3.8) is 0 Å². The molecule has 0 spiro atoms. The van der Waals surface area contributed by atoms with Gasteiger partial charge in [0.2, 0.25) is 0 Å². The Morgan fingerprint density at radius 3 is 2.79 bits per heavy atom. The number of rotatable bonds is 6. The lowest BCUT2D eigenvalue weighted by molar-refractivity contribution is -0.146. The lowest BCUT2D eigenvalue weighted by Gasteiger charge is -2.26. The molecule has 1 saturated heterocycles. The summed E-state index contributed by atoms with van der Waals surface area (Å²) in [5.41, 5.74) is 0. The van der Waals surface area contributed by atoms with Crippen LogP contribution in [0.3, 0.4) is 0 Å². The van der Waals surface area contributed by atoms with Gasteiger partial charge in [0.15, 0.2) is 0 Å². The zero-order valence-corrected chi connectivity index (χ0v) is 9.21. The van der Waals surface area contributed by atoms with Crippen molar-refractivity contribution in [1.82, 2.24) is 5.32 Å². The fourth-order valence-corrected chi connectivity index (χ4v) is 1.60. The van der Waals surface area contributed by atoms with E-state index in [1.807, 2.05) is 0 Å². The third-order valence-corrected chi connectivity index (χ3v) is 2.63. The van der Waals surface area contributed by atoms with Gasteiger partial charge in [0.05, 0.1) is 13.0 Å². The Bertz CT molecular complexity index is 178. The molecule has 1 atom stereocenters. The minimum atomic E-state index is -0.0283. The van der Waals surface area contributed by atoms with E-state index in [-0.39, 0.29) is 5.97 Å². The molecule has 0 radical (unpaired) electrons. The maximum absolute atomic E-state index is 11.3. The molecule has 0 bridgehead atoms. The highest BCUT2D eigenvalue weighted by Crippen LogP contribution is 2.11. The molecule has 1 unspecified atom stereocenters. The van der Waals surface area contributed by atoms with Crippen molar-refractivity contribution in [3.8, 4) is 0 Å². The van der Waals surface area contributed by atoms with Crippen LogP contribution in [0.2, 0.25) is 0 Å². The van der Waals surface area contributed by atoms with Gasteiger partial charge >= 0.3 is 5.97 Å². The molecule has 1 heterocycles. The molecule has 1 N–H and O–H groups in total. The molecule has 0 aromatic carbocycles. The predicted molar refractivity (Wildman–Crippen MR) is 56.0 cm³/mol. The number of hydrogen-bond acceptors (Lipinski definition) is 3. The minimum absolute atomic E-state index is 0.0283. The van der Waals surface area contributed by atoms with Crippen molar-refractivity contribution in [2.75, 3.05) is 19.7 Å². The number of carbonyl (C=O) groups is 1. The fourth-order valence-electron chi connectivity index (χ4n) is 1.60. The molecule has 1 aliphatic heterocycles. The van der Waals surface area contributed by atoms with Gasteiger partial charge in [-0.1, -0.05) is 20.3 Å². The second-order valence-corrected chi connectivity index (χ2v) is 4.31. The molecular weight excluding hydrogens is 178 g/mol. The van der Waals surface area contributed by atoms with Crippen LogP contribution in [0.5, 0.6) is 0 Å². The summed E-state index contributed by atoms with van der Waals surface area (Å²) in [6.07, 6.45) is 2.88. The topological polar surface area (TPSA) is 38.3 Å². The Kier molecular flexibility index (Phi) is 4.94. The Hall–Kier alpha value is -0.570. The van der Waals surface area contributed by atoms with Crippen LogP contribution in [-0.2, 0) is 9.53 Å². The van der Waals surface area contributed by atoms with Gasteiger partial charge in [-0.05, 0) is 31.3 Å². The lowest BCUT2D eigenvalue weighted by atomic mass is 10.00. The van der Waals surface area contributed by atoms with Gasteiger partial charge in [-0.2, -0.15) is 0 Å². The van der Waals surface area contributed by atoms with Crippen molar-refractivity contribution in [1.29, 1.82) is 0 Å². The average Bonchev–Trinajstić information content (AvgIpc) is 2.09. The van der Waals surface area contributed by atoms with Gasteiger partial charge in [-0.25, -0.2) is 0 Å². The van der Waals surface area contributed by atoms with Crippen molar-refractivity contribution in [2.24, 2.45) is 11.8 Å². The van der Waals surface area contributed by atoms with E-state index in [0.717, 1.165) is 25.9 Å². The van der Waals surface area contributed by atoms with Crippen LogP contribution in [-0.4, -0.2) is 25.7 Å². The van der Waals surface area contributed by atoms with Crippen LogP contribution >= 0.6 is 0 Å². The highest BCUT2D eigenvalue weighted by atomic mass is 16.5. The van der Waals surface area contributed by atoms with Crippen LogP contribution < -0.4 is 5.32 Å². The van der Waals surface area contributed by atoms with Gasteiger partial charge in [-0.15, -0.1) is 0 Å². The largest absolute Gasteiger partial charge is 0.465 e. The summed E-state index contributed by atoms with van der Waals surface area (Å²) in [5, 5.41) is 3.14. The van der Waals surface area contributed by atoms with E-state index in [0.29, 0.717) is 24.9 Å². The molecule has 1 fully saturated rings. The van der Waals surface area contributed by atoms with E-state index in [4.69, 9.17) is 4.74 Å². The standard InChI is InChI=1S/C11H21NO2/c1-3-4-9(2)8-14-11(13)5-10-6-12-7-10/h9-10,12H,3-8H2,1-2H3. The Morgan fingerprint density at radius 2 is 2.29 bits per heavy atom. The summed E-state index contributed by atoms with van der Waals surface area (Å²) in [5.74, 6) is 0.992. The molecule has 0 aromatic rings. The van der Waals surface area contributed by atoms with Crippen LogP contribution in [0.1, 0.15) is 33.1 Å². The summed E-state index contributed by atoms with van der Waals surface area (Å²) in [7, 11) is 0. The minimum Gasteiger partial charge on any atom is -0.465 e. The second kappa shape index (κ2) is 6.02. The molecule has 0 saturated carbocycles. The Balaban J connectivity index is 2.01.